The first-order valence-electron chi connectivity index (χ1n) is 12.2. The molecule has 0 spiro atoms. The smallest absolute Gasteiger partial charge is 0.434 e. The maximum Gasteiger partial charge on any atom is 0.434 e. The van der Waals surface area contributed by atoms with E-state index in [1.54, 1.807) is 11.6 Å². The van der Waals surface area contributed by atoms with E-state index < -0.39 is 53.5 Å². The van der Waals surface area contributed by atoms with Crippen molar-refractivity contribution in [3.8, 4) is 10.7 Å². The summed E-state index contributed by atoms with van der Waals surface area (Å²) >= 11 is 8.38. The Balaban J connectivity index is 1.99. The minimum atomic E-state index is -4.70. The average molecular weight is 775 g/mol. The van der Waals surface area contributed by atoms with Crippen LogP contribution in [0.5, 0.6) is 0 Å². The first-order valence-corrected chi connectivity index (χ1v) is 15.5. The number of thiazole rings is 1. The standard InChI is InChI=1S/C24H24Br2F3N5O7S2/c1-11(39-13(3)36)19(9-38-12(2)35)41-23(43-15-5-16(25)21(30-6-15)24(27,28)29)18(40-14(4)37)8-34-7-17(32-33-34)22-31-20(26)10-42-22/h5-7,10-11,18-19,23H,8-9H2,1-4H3/t11-,18+,19?,23?/m1/s1. The molecule has 0 aliphatic heterocycles. The molecule has 0 aromatic carbocycles. The number of rotatable bonds is 13. The zero-order valence-electron chi connectivity index (χ0n) is 22.8. The maximum absolute atomic E-state index is 13.3. The van der Waals surface area contributed by atoms with Crippen LogP contribution in [0.3, 0.4) is 0 Å². The molecule has 0 aliphatic rings. The summed E-state index contributed by atoms with van der Waals surface area (Å²) in [5.41, 5.74) is -1.87. The molecule has 234 valence electrons. The van der Waals surface area contributed by atoms with Crippen LogP contribution < -0.4 is 0 Å². The summed E-state index contributed by atoms with van der Waals surface area (Å²) in [6.45, 7) is 4.56. The fourth-order valence-electron chi connectivity index (χ4n) is 3.45. The largest absolute Gasteiger partial charge is 0.463 e. The van der Waals surface area contributed by atoms with Gasteiger partial charge in [-0.05, 0) is 44.8 Å². The highest BCUT2D eigenvalue weighted by molar-refractivity contribution is 9.10. The summed E-state index contributed by atoms with van der Waals surface area (Å²) in [5.74, 6) is -1.96. The number of hydrogen-bond donors (Lipinski definition) is 0. The first kappa shape index (κ1) is 34.9. The molecule has 19 heteroatoms. The molecular formula is C24H24Br2F3N5O7S2. The molecule has 0 bridgehead atoms. The van der Waals surface area contributed by atoms with Crippen molar-refractivity contribution in [2.24, 2.45) is 0 Å². The molecule has 0 N–H and O–H groups in total. The van der Waals surface area contributed by atoms with Crippen molar-refractivity contribution in [3.63, 3.8) is 0 Å². The number of alkyl halides is 3. The van der Waals surface area contributed by atoms with Crippen molar-refractivity contribution in [2.45, 2.75) is 69.1 Å². The van der Waals surface area contributed by atoms with Gasteiger partial charge < -0.3 is 18.9 Å². The van der Waals surface area contributed by atoms with Gasteiger partial charge in [-0.25, -0.2) is 14.6 Å². The number of thioether (sulfide) groups is 1. The van der Waals surface area contributed by atoms with Gasteiger partial charge in [0, 0.05) is 41.7 Å². The van der Waals surface area contributed by atoms with E-state index in [1.807, 2.05) is 0 Å². The number of esters is 3. The molecule has 4 atom stereocenters. The predicted octanol–water partition coefficient (Wildman–Crippen LogP) is 5.29. The van der Waals surface area contributed by atoms with Crippen LogP contribution in [0.1, 0.15) is 33.4 Å². The van der Waals surface area contributed by atoms with E-state index in [-0.39, 0.29) is 22.5 Å². The Labute approximate surface area is 268 Å². The fourth-order valence-corrected chi connectivity index (χ4v) is 6.43. The van der Waals surface area contributed by atoms with Crippen molar-refractivity contribution in [1.82, 2.24) is 25.0 Å². The van der Waals surface area contributed by atoms with Gasteiger partial charge in [0.1, 0.15) is 39.6 Å². The van der Waals surface area contributed by atoms with Gasteiger partial charge in [-0.15, -0.1) is 16.4 Å². The van der Waals surface area contributed by atoms with Crippen LogP contribution >= 0.6 is 55.0 Å². The van der Waals surface area contributed by atoms with Crippen LogP contribution in [0.15, 0.2) is 37.8 Å². The molecule has 3 aromatic rings. The highest BCUT2D eigenvalue weighted by Crippen LogP contribution is 2.37. The van der Waals surface area contributed by atoms with Crippen molar-refractivity contribution >= 4 is 72.9 Å². The first-order chi connectivity index (χ1) is 20.1. The molecule has 3 rings (SSSR count). The lowest BCUT2D eigenvalue weighted by Crippen LogP contribution is -2.43. The summed E-state index contributed by atoms with van der Waals surface area (Å²) in [6.07, 6.45) is -5.30. The van der Waals surface area contributed by atoms with E-state index in [1.165, 1.54) is 49.8 Å². The van der Waals surface area contributed by atoms with Crippen LogP contribution in [0.25, 0.3) is 10.7 Å². The molecule has 3 heterocycles. The second-order valence-electron chi connectivity index (χ2n) is 8.73. The fraction of sp³-hybridized carbons (Fsp3) is 0.458. The Morgan fingerprint density at radius 2 is 1.79 bits per heavy atom. The Morgan fingerprint density at radius 1 is 1.09 bits per heavy atom. The number of hydrogen-bond acceptors (Lipinski definition) is 13. The summed E-state index contributed by atoms with van der Waals surface area (Å²) in [4.78, 5) is 43.5. The number of aromatic nitrogens is 5. The number of halogens is 5. The lowest BCUT2D eigenvalue weighted by molar-refractivity contribution is -0.170. The van der Waals surface area contributed by atoms with E-state index >= 15 is 0 Å². The highest BCUT2D eigenvalue weighted by Gasteiger charge is 2.37. The zero-order valence-corrected chi connectivity index (χ0v) is 27.6. The summed E-state index contributed by atoms with van der Waals surface area (Å²) in [5, 5.41) is 10.5. The third-order valence-electron chi connectivity index (χ3n) is 5.19. The molecule has 12 nitrogen and oxygen atoms in total. The number of nitrogens with zero attached hydrogens (tertiary/aromatic N) is 5. The third kappa shape index (κ3) is 10.8. The van der Waals surface area contributed by atoms with E-state index in [9.17, 15) is 27.6 Å². The van der Waals surface area contributed by atoms with Gasteiger partial charge in [0.25, 0.3) is 0 Å². The quantitative estimate of drug-likeness (QED) is 0.0963. The lowest BCUT2D eigenvalue weighted by Gasteiger charge is -2.32. The minimum absolute atomic E-state index is 0.117. The molecule has 3 aromatic heterocycles. The van der Waals surface area contributed by atoms with E-state index in [2.05, 4.69) is 52.1 Å². The molecular weight excluding hydrogens is 751 g/mol. The second kappa shape index (κ2) is 15.4. The van der Waals surface area contributed by atoms with E-state index in [0.717, 1.165) is 18.0 Å². The van der Waals surface area contributed by atoms with Crippen molar-refractivity contribution < 1.29 is 46.5 Å². The zero-order chi connectivity index (χ0) is 31.9. The van der Waals surface area contributed by atoms with E-state index in [4.69, 9.17) is 18.9 Å². The number of carbonyl (C=O) groups is 3. The highest BCUT2D eigenvalue weighted by atomic mass is 79.9. The topological polar surface area (TPSA) is 145 Å². The molecule has 0 saturated carbocycles. The molecule has 0 aliphatic carbocycles. The monoisotopic (exact) mass is 773 g/mol. The second-order valence-corrected chi connectivity index (χ2v) is 12.4. The Kier molecular flexibility index (Phi) is 12.5. The average Bonchev–Trinajstić information content (AvgIpc) is 3.52. The number of carbonyl (C=O) groups excluding carboxylic acids is 3. The summed E-state index contributed by atoms with van der Waals surface area (Å²) < 4.78 is 63.8. The van der Waals surface area contributed by atoms with Gasteiger partial charge in [0.05, 0.1) is 12.7 Å². The van der Waals surface area contributed by atoms with Gasteiger partial charge in [-0.2, -0.15) is 13.2 Å². The molecule has 0 amide bonds. The van der Waals surface area contributed by atoms with Crippen molar-refractivity contribution in [3.05, 3.63) is 38.6 Å². The maximum atomic E-state index is 13.3. The van der Waals surface area contributed by atoms with Gasteiger partial charge >= 0.3 is 24.1 Å². The Bertz CT molecular complexity index is 1440. The minimum Gasteiger partial charge on any atom is -0.463 e. The lowest BCUT2D eigenvalue weighted by atomic mass is 10.2. The van der Waals surface area contributed by atoms with Gasteiger partial charge in [-0.3, -0.25) is 14.4 Å². The van der Waals surface area contributed by atoms with Crippen molar-refractivity contribution in [2.75, 3.05) is 6.61 Å². The van der Waals surface area contributed by atoms with Gasteiger partial charge in [0.2, 0.25) is 0 Å². The predicted molar refractivity (Wildman–Crippen MR) is 154 cm³/mol. The van der Waals surface area contributed by atoms with Crippen LogP contribution in [0, 0.1) is 0 Å². The molecule has 0 fully saturated rings. The Morgan fingerprint density at radius 3 is 2.35 bits per heavy atom. The molecule has 43 heavy (non-hydrogen) atoms. The third-order valence-corrected chi connectivity index (χ3v) is 8.51. The van der Waals surface area contributed by atoms with E-state index in [0.29, 0.717) is 15.3 Å². The Hall–Kier alpha value is -2.61. The van der Waals surface area contributed by atoms with Crippen LogP contribution in [-0.2, 0) is 46.1 Å². The SMILES string of the molecule is CC(=O)OCC(OC(Sc1cnc(C(F)(F)F)c(Br)c1)[C@H](Cn1cc(-c2nc(Br)cs2)nn1)OC(C)=O)[C@@H](C)OC(C)=O. The summed E-state index contributed by atoms with van der Waals surface area (Å²) in [6, 6.07) is 1.19. The number of pyridine rings is 1. The van der Waals surface area contributed by atoms with Gasteiger partial charge in [0.15, 0.2) is 11.8 Å². The van der Waals surface area contributed by atoms with Crippen LogP contribution in [0.2, 0.25) is 0 Å². The van der Waals surface area contributed by atoms with Gasteiger partial charge in [-0.1, -0.05) is 17.0 Å². The molecule has 0 saturated heterocycles. The normalized spacial score (nSPS) is 14.4. The van der Waals surface area contributed by atoms with Crippen LogP contribution in [0.4, 0.5) is 13.2 Å². The van der Waals surface area contributed by atoms with Crippen molar-refractivity contribution in [1.29, 1.82) is 0 Å². The molecule has 2 unspecified atom stereocenters. The van der Waals surface area contributed by atoms with Crippen LogP contribution in [-0.4, -0.2) is 73.2 Å². The number of ether oxygens (including phenoxy) is 4. The summed E-state index contributed by atoms with van der Waals surface area (Å²) in [7, 11) is 0. The molecule has 0 radical (unpaired) electrons.